The number of amides is 1. The third-order valence-electron chi connectivity index (χ3n) is 4.28. The van der Waals surface area contributed by atoms with Crippen LogP contribution in [0.4, 0.5) is 18.9 Å². The molecule has 0 heterocycles. The number of halogens is 4. The van der Waals surface area contributed by atoms with Crippen molar-refractivity contribution in [1.29, 1.82) is 0 Å². The van der Waals surface area contributed by atoms with E-state index in [0.29, 0.717) is 11.8 Å². The minimum atomic E-state index is -4.93. The summed E-state index contributed by atoms with van der Waals surface area (Å²) in [6.07, 6.45) is -4.93. The summed E-state index contributed by atoms with van der Waals surface area (Å²) in [6.45, 7) is 4.42. The Morgan fingerprint density at radius 1 is 1.17 bits per heavy atom. The number of sulfonamides is 1. The maximum Gasteiger partial charge on any atom is 0.417 e. The lowest BCUT2D eigenvalue weighted by molar-refractivity contribution is -0.139. The number of nitrogens with one attached hydrogen (secondary N) is 1. The van der Waals surface area contributed by atoms with Gasteiger partial charge >= 0.3 is 6.18 Å². The molecule has 0 fully saturated rings. The van der Waals surface area contributed by atoms with Gasteiger partial charge in [0.15, 0.2) is 0 Å². The van der Waals surface area contributed by atoms with Crippen LogP contribution in [-0.2, 0) is 21.0 Å². The van der Waals surface area contributed by atoms with Crippen LogP contribution in [0.2, 0.25) is 5.02 Å². The number of alkyl halides is 3. The lowest BCUT2D eigenvalue weighted by Crippen LogP contribution is -2.45. The third kappa shape index (κ3) is 5.29. The zero-order chi connectivity index (χ0) is 22.0. The van der Waals surface area contributed by atoms with Crippen molar-refractivity contribution >= 4 is 33.2 Å². The first-order valence-electron chi connectivity index (χ1n) is 8.64. The molecule has 2 rings (SSSR count). The van der Waals surface area contributed by atoms with Crippen LogP contribution in [0.5, 0.6) is 0 Å². The minimum absolute atomic E-state index is 0.204. The van der Waals surface area contributed by atoms with Gasteiger partial charge in [-0.05, 0) is 44.2 Å². The summed E-state index contributed by atoms with van der Waals surface area (Å²) in [6, 6.07) is 7.98. The van der Waals surface area contributed by atoms with E-state index in [4.69, 9.17) is 11.6 Å². The first kappa shape index (κ1) is 23.2. The summed E-state index contributed by atoms with van der Waals surface area (Å²) >= 11 is 5.63. The van der Waals surface area contributed by atoms with Crippen LogP contribution >= 0.6 is 11.6 Å². The monoisotopic (exact) mass is 448 g/mol. The van der Waals surface area contributed by atoms with Crippen molar-refractivity contribution in [2.75, 3.05) is 11.9 Å². The fourth-order valence-electron chi connectivity index (χ4n) is 2.74. The van der Waals surface area contributed by atoms with E-state index in [1.807, 2.05) is 6.92 Å². The molecule has 0 aliphatic rings. The number of carbonyl (C=O) groups excluding carboxylic acids is 1. The number of nitrogens with zero attached hydrogens (tertiary/aromatic N) is 1. The average molecular weight is 449 g/mol. The molecule has 5 nitrogen and oxygen atoms in total. The van der Waals surface area contributed by atoms with Gasteiger partial charge in [0.1, 0.15) is 6.04 Å². The molecule has 1 unspecified atom stereocenters. The molecule has 2 aromatic carbocycles. The highest BCUT2D eigenvalue weighted by molar-refractivity contribution is 7.89. The standard InChI is InChI=1S/C19H20ClF3N2O3S/c1-4-25(13(3)18(26)24-15-8-5-12(2)6-9-15)29(27,28)17-10-7-14(20)11-16(17)19(21,22)23/h5-11,13H,4H2,1-3H3,(H,24,26). The van der Waals surface area contributed by atoms with E-state index in [1.54, 1.807) is 24.3 Å². The van der Waals surface area contributed by atoms with Gasteiger partial charge in [0.25, 0.3) is 0 Å². The fraction of sp³-hybridized carbons (Fsp3) is 0.316. The van der Waals surface area contributed by atoms with E-state index >= 15 is 0 Å². The van der Waals surface area contributed by atoms with Crippen LogP contribution in [0.1, 0.15) is 25.0 Å². The van der Waals surface area contributed by atoms with Crippen molar-refractivity contribution in [3.8, 4) is 0 Å². The molecule has 1 atom stereocenters. The maximum atomic E-state index is 13.4. The summed E-state index contributed by atoms with van der Waals surface area (Å²) in [5, 5.41) is 2.33. The normalized spacial score (nSPS) is 13.4. The van der Waals surface area contributed by atoms with Crippen LogP contribution in [0.3, 0.4) is 0 Å². The van der Waals surface area contributed by atoms with Crippen molar-refractivity contribution in [2.24, 2.45) is 0 Å². The summed E-state index contributed by atoms with van der Waals surface area (Å²) in [4.78, 5) is 11.6. The van der Waals surface area contributed by atoms with E-state index in [2.05, 4.69) is 5.32 Å². The lowest BCUT2D eigenvalue weighted by atomic mass is 10.2. The molecular formula is C19H20ClF3N2O3S. The average Bonchev–Trinajstić information content (AvgIpc) is 2.62. The van der Waals surface area contributed by atoms with Crippen LogP contribution in [0.15, 0.2) is 47.4 Å². The first-order chi connectivity index (χ1) is 13.4. The SMILES string of the molecule is CCN(C(C)C(=O)Nc1ccc(C)cc1)S(=O)(=O)c1ccc(Cl)cc1C(F)(F)F. The predicted octanol–water partition coefficient (Wildman–Crippen LogP) is 4.71. The number of rotatable bonds is 6. The molecule has 0 aliphatic heterocycles. The summed E-state index contributed by atoms with van der Waals surface area (Å²) < 4.78 is 66.8. The predicted molar refractivity (Wildman–Crippen MR) is 105 cm³/mol. The molecule has 0 aliphatic carbocycles. The van der Waals surface area contributed by atoms with Gasteiger partial charge in [-0.15, -0.1) is 0 Å². The molecule has 0 bridgehead atoms. The van der Waals surface area contributed by atoms with Gasteiger partial charge in [0.05, 0.1) is 10.5 Å². The van der Waals surface area contributed by atoms with Crippen molar-refractivity contribution in [3.63, 3.8) is 0 Å². The molecule has 0 saturated heterocycles. The molecule has 0 spiro atoms. The molecular weight excluding hydrogens is 429 g/mol. The Hall–Kier alpha value is -2.10. The number of carbonyl (C=O) groups is 1. The molecule has 0 radical (unpaired) electrons. The Labute approximate surface area is 172 Å². The molecule has 2 aromatic rings. The van der Waals surface area contributed by atoms with Crippen LogP contribution in [-0.4, -0.2) is 31.2 Å². The van der Waals surface area contributed by atoms with E-state index in [0.717, 1.165) is 22.0 Å². The number of benzene rings is 2. The maximum absolute atomic E-state index is 13.4. The molecule has 0 saturated carbocycles. The summed E-state index contributed by atoms with van der Waals surface area (Å²) in [7, 11) is -4.63. The van der Waals surface area contributed by atoms with Gasteiger partial charge in [-0.3, -0.25) is 4.79 Å². The van der Waals surface area contributed by atoms with Gasteiger partial charge in [0, 0.05) is 17.3 Å². The topological polar surface area (TPSA) is 66.5 Å². The number of likely N-dealkylation sites (N-methyl/N-ethyl adjacent to an activating group) is 1. The number of aryl methyl sites for hydroxylation is 1. The van der Waals surface area contributed by atoms with Crippen LogP contribution in [0, 0.1) is 6.92 Å². The second-order valence-corrected chi connectivity index (χ2v) is 8.67. The van der Waals surface area contributed by atoms with Crippen molar-refractivity contribution < 1.29 is 26.4 Å². The fourth-order valence-corrected chi connectivity index (χ4v) is 4.71. The summed E-state index contributed by atoms with van der Waals surface area (Å²) in [5.41, 5.74) is 0.0363. The number of hydrogen-bond acceptors (Lipinski definition) is 3. The Morgan fingerprint density at radius 3 is 2.28 bits per heavy atom. The molecule has 1 N–H and O–H groups in total. The molecule has 29 heavy (non-hydrogen) atoms. The number of anilines is 1. The van der Waals surface area contributed by atoms with Gasteiger partial charge in [-0.25, -0.2) is 8.42 Å². The quantitative estimate of drug-likeness (QED) is 0.696. The lowest BCUT2D eigenvalue weighted by Gasteiger charge is -2.27. The second-order valence-electron chi connectivity index (χ2n) is 6.38. The Bertz CT molecular complexity index is 993. The highest BCUT2D eigenvalue weighted by Crippen LogP contribution is 2.37. The molecule has 0 aromatic heterocycles. The van der Waals surface area contributed by atoms with Gasteiger partial charge in [-0.2, -0.15) is 17.5 Å². The van der Waals surface area contributed by atoms with Gasteiger partial charge in [-0.1, -0.05) is 36.2 Å². The van der Waals surface area contributed by atoms with Gasteiger partial charge < -0.3 is 5.32 Å². The van der Waals surface area contributed by atoms with E-state index in [-0.39, 0.29) is 11.6 Å². The van der Waals surface area contributed by atoms with Crippen molar-refractivity contribution in [1.82, 2.24) is 4.31 Å². The van der Waals surface area contributed by atoms with E-state index in [1.165, 1.54) is 13.8 Å². The van der Waals surface area contributed by atoms with Crippen molar-refractivity contribution in [3.05, 3.63) is 58.6 Å². The highest BCUT2D eigenvalue weighted by Gasteiger charge is 2.41. The van der Waals surface area contributed by atoms with Crippen LogP contribution < -0.4 is 5.32 Å². The Balaban J connectivity index is 2.39. The Kier molecular flexibility index (Phi) is 6.97. The molecule has 1 amide bonds. The highest BCUT2D eigenvalue weighted by atomic mass is 35.5. The second kappa shape index (κ2) is 8.73. The molecule has 158 valence electrons. The van der Waals surface area contributed by atoms with E-state index < -0.39 is 38.6 Å². The van der Waals surface area contributed by atoms with E-state index in [9.17, 15) is 26.4 Å². The summed E-state index contributed by atoms with van der Waals surface area (Å²) in [5.74, 6) is -0.665. The zero-order valence-electron chi connectivity index (χ0n) is 15.9. The van der Waals surface area contributed by atoms with Crippen molar-refractivity contribution in [2.45, 2.75) is 37.9 Å². The van der Waals surface area contributed by atoms with Crippen LogP contribution in [0.25, 0.3) is 0 Å². The largest absolute Gasteiger partial charge is 0.417 e. The molecule has 10 heteroatoms. The smallest absolute Gasteiger partial charge is 0.325 e. The minimum Gasteiger partial charge on any atom is -0.325 e. The first-order valence-corrected chi connectivity index (χ1v) is 10.5. The number of hydrogen-bond donors (Lipinski definition) is 1. The Morgan fingerprint density at radius 2 is 1.76 bits per heavy atom. The zero-order valence-corrected chi connectivity index (χ0v) is 17.5. The third-order valence-corrected chi connectivity index (χ3v) is 6.61. The van der Waals surface area contributed by atoms with Gasteiger partial charge in [0.2, 0.25) is 15.9 Å².